The van der Waals surface area contributed by atoms with Crippen LogP contribution in [0.1, 0.15) is 22.0 Å². The van der Waals surface area contributed by atoms with Crippen LogP contribution in [-0.4, -0.2) is 48.5 Å². The number of carbonyl (C=O) groups is 1. The largest absolute Gasteiger partial charge is 0.369 e. The van der Waals surface area contributed by atoms with Gasteiger partial charge >= 0.3 is 0 Å². The van der Waals surface area contributed by atoms with E-state index in [1.54, 1.807) is 6.20 Å². The van der Waals surface area contributed by atoms with Gasteiger partial charge in [0.25, 0.3) is 5.91 Å². The zero-order valence-electron chi connectivity index (χ0n) is 16.4. The molecule has 29 heavy (non-hydrogen) atoms. The molecule has 1 amide bonds. The second-order valence-electron chi connectivity index (χ2n) is 7.24. The highest BCUT2D eigenvalue weighted by molar-refractivity contribution is 5.94. The first-order chi connectivity index (χ1) is 14.3. The Hall–Kier alpha value is -3.18. The number of nitrogens with one attached hydrogen (secondary N) is 1. The van der Waals surface area contributed by atoms with Gasteiger partial charge in [-0.2, -0.15) is 0 Å². The molecule has 0 bridgehead atoms. The van der Waals surface area contributed by atoms with Crippen molar-refractivity contribution in [2.24, 2.45) is 0 Å². The Morgan fingerprint density at radius 3 is 2.24 bits per heavy atom. The van der Waals surface area contributed by atoms with Crippen molar-refractivity contribution in [3.8, 4) is 0 Å². The minimum absolute atomic E-state index is 0.0394. The number of aromatic nitrogens is 1. The van der Waals surface area contributed by atoms with Crippen LogP contribution in [-0.2, 0) is 0 Å². The van der Waals surface area contributed by atoms with Crippen molar-refractivity contribution in [3.63, 3.8) is 0 Å². The molecule has 1 aliphatic rings. The van der Waals surface area contributed by atoms with E-state index in [0.717, 1.165) is 31.7 Å². The maximum atomic E-state index is 12.5. The number of pyridine rings is 1. The molecule has 0 spiro atoms. The lowest BCUT2D eigenvalue weighted by Crippen LogP contribution is -2.50. The van der Waals surface area contributed by atoms with Crippen LogP contribution in [0.2, 0.25) is 0 Å². The Bertz CT molecular complexity index is 894. The van der Waals surface area contributed by atoms with E-state index < -0.39 is 0 Å². The predicted octanol–water partition coefficient (Wildman–Crippen LogP) is 3.37. The lowest BCUT2D eigenvalue weighted by molar-refractivity contribution is 0.0930. The summed E-state index contributed by atoms with van der Waals surface area (Å²) in [6, 6.07) is 24.1. The van der Waals surface area contributed by atoms with Gasteiger partial charge in [0.15, 0.2) is 0 Å². The maximum absolute atomic E-state index is 12.5. The monoisotopic (exact) mass is 386 g/mol. The van der Waals surface area contributed by atoms with Crippen LogP contribution in [0.15, 0.2) is 85.2 Å². The maximum Gasteiger partial charge on any atom is 0.251 e. The summed E-state index contributed by atoms with van der Waals surface area (Å²) in [5, 5.41) is 3.12. The third-order valence-electron chi connectivity index (χ3n) is 5.44. The smallest absolute Gasteiger partial charge is 0.251 e. The molecule has 5 nitrogen and oxygen atoms in total. The normalized spacial score (nSPS) is 15.7. The van der Waals surface area contributed by atoms with E-state index in [0.29, 0.717) is 12.1 Å². The van der Waals surface area contributed by atoms with Crippen LogP contribution in [0, 0.1) is 0 Å². The third-order valence-corrected chi connectivity index (χ3v) is 5.44. The van der Waals surface area contributed by atoms with Gasteiger partial charge in [0.05, 0.1) is 6.04 Å². The molecule has 0 radical (unpaired) electrons. The first-order valence-corrected chi connectivity index (χ1v) is 10.1. The summed E-state index contributed by atoms with van der Waals surface area (Å²) in [5.41, 5.74) is 3.09. The molecule has 4 rings (SSSR count). The molecule has 1 aliphatic heterocycles. The Morgan fingerprint density at radius 1 is 0.897 bits per heavy atom. The lowest BCUT2D eigenvalue weighted by Gasteiger charge is -2.40. The summed E-state index contributed by atoms with van der Waals surface area (Å²) in [4.78, 5) is 21.7. The summed E-state index contributed by atoms with van der Waals surface area (Å²) in [5.74, 6) is -0.0394. The van der Waals surface area contributed by atoms with Gasteiger partial charge in [-0.25, -0.2) is 0 Å². The summed E-state index contributed by atoms with van der Waals surface area (Å²) >= 11 is 0. The zero-order chi connectivity index (χ0) is 19.9. The highest BCUT2D eigenvalue weighted by atomic mass is 16.1. The predicted molar refractivity (Wildman–Crippen MR) is 116 cm³/mol. The van der Waals surface area contributed by atoms with E-state index in [-0.39, 0.29) is 11.9 Å². The standard InChI is InChI=1S/C24H26N4O/c29-24(20-8-3-1-4-9-20)26-19-23(21-10-7-13-25-18-21)28-16-14-27(15-17-28)22-11-5-2-6-12-22/h1-13,18,23H,14-17,19H2,(H,26,29)/t23-/m0/s1. The fourth-order valence-electron chi connectivity index (χ4n) is 3.84. The molecule has 2 heterocycles. The molecule has 148 valence electrons. The highest BCUT2D eigenvalue weighted by Crippen LogP contribution is 2.23. The Balaban J connectivity index is 1.43. The Kier molecular flexibility index (Phi) is 6.17. The summed E-state index contributed by atoms with van der Waals surface area (Å²) < 4.78 is 0. The van der Waals surface area contributed by atoms with Gasteiger partial charge in [0.2, 0.25) is 0 Å². The average molecular weight is 386 g/mol. The summed E-state index contributed by atoms with van der Waals surface area (Å²) in [6.45, 7) is 4.37. The van der Waals surface area contributed by atoms with Gasteiger partial charge in [-0.1, -0.05) is 42.5 Å². The molecule has 0 saturated carbocycles. The van der Waals surface area contributed by atoms with Crippen LogP contribution >= 0.6 is 0 Å². The second kappa shape index (κ2) is 9.34. The molecular weight excluding hydrogens is 360 g/mol. The molecule has 5 heteroatoms. The van der Waals surface area contributed by atoms with Gasteiger partial charge in [-0.05, 0) is 35.9 Å². The second-order valence-corrected chi connectivity index (χ2v) is 7.24. The number of benzene rings is 2. The molecule has 1 N–H and O–H groups in total. The Morgan fingerprint density at radius 2 is 1.59 bits per heavy atom. The van der Waals surface area contributed by atoms with Crippen LogP contribution in [0.5, 0.6) is 0 Å². The summed E-state index contributed by atoms with van der Waals surface area (Å²) in [7, 11) is 0. The van der Waals surface area contributed by atoms with Crippen molar-refractivity contribution in [3.05, 3.63) is 96.3 Å². The molecule has 0 unspecified atom stereocenters. The van der Waals surface area contributed by atoms with Crippen LogP contribution < -0.4 is 10.2 Å². The number of carbonyl (C=O) groups excluding carboxylic acids is 1. The first-order valence-electron chi connectivity index (χ1n) is 10.1. The van der Waals surface area contributed by atoms with Gasteiger partial charge in [-0.15, -0.1) is 0 Å². The van der Waals surface area contributed by atoms with Crippen molar-refractivity contribution in [2.75, 3.05) is 37.6 Å². The van der Waals surface area contributed by atoms with Gasteiger partial charge in [-0.3, -0.25) is 14.7 Å². The number of nitrogens with zero attached hydrogens (tertiary/aromatic N) is 3. The number of anilines is 1. The fraction of sp³-hybridized carbons (Fsp3) is 0.250. The molecule has 3 aromatic rings. The molecule has 1 fully saturated rings. The zero-order valence-corrected chi connectivity index (χ0v) is 16.4. The minimum Gasteiger partial charge on any atom is -0.369 e. The first kappa shape index (κ1) is 19.2. The molecule has 2 aromatic carbocycles. The number of rotatable bonds is 6. The van der Waals surface area contributed by atoms with E-state index in [2.05, 4.69) is 50.4 Å². The third kappa shape index (κ3) is 4.81. The van der Waals surface area contributed by atoms with Crippen molar-refractivity contribution in [1.82, 2.24) is 15.2 Å². The van der Waals surface area contributed by atoms with Gasteiger partial charge < -0.3 is 10.2 Å². The number of hydrogen-bond donors (Lipinski definition) is 1. The van der Waals surface area contributed by atoms with E-state index in [4.69, 9.17) is 0 Å². The minimum atomic E-state index is -0.0394. The topological polar surface area (TPSA) is 48.5 Å². The van der Waals surface area contributed by atoms with Crippen LogP contribution in [0.4, 0.5) is 5.69 Å². The molecule has 1 aromatic heterocycles. The highest BCUT2D eigenvalue weighted by Gasteiger charge is 2.26. The number of hydrogen-bond acceptors (Lipinski definition) is 4. The lowest BCUT2D eigenvalue weighted by atomic mass is 10.1. The van der Waals surface area contributed by atoms with Gasteiger partial charge in [0, 0.05) is 56.4 Å². The fourth-order valence-corrected chi connectivity index (χ4v) is 3.84. The Labute approximate surface area is 172 Å². The quantitative estimate of drug-likeness (QED) is 0.706. The van der Waals surface area contributed by atoms with Crippen molar-refractivity contribution < 1.29 is 4.79 Å². The number of para-hydroxylation sites is 1. The van der Waals surface area contributed by atoms with Crippen molar-refractivity contribution in [2.45, 2.75) is 6.04 Å². The van der Waals surface area contributed by atoms with E-state index in [1.165, 1.54) is 5.69 Å². The molecular formula is C24H26N4O. The molecule has 0 aliphatic carbocycles. The van der Waals surface area contributed by atoms with E-state index in [1.807, 2.05) is 48.7 Å². The van der Waals surface area contributed by atoms with Crippen LogP contribution in [0.25, 0.3) is 0 Å². The molecule has 1 saturated heterocycles. The average Bonchev–Trinajstić information content (AvgIpc) is 2.81. The van der Waals surface area contributed by atoms with E-state index in [9.17, 15) is 4.79 Å². The van der Waals surface area contributed by atoms with Crippen molar-refractivity contribution >= 4 is 11.6 Å². The number of amides is 1. The van der Waals surface area contributed by atoms with Crippen molar-refractivity contribution in [1.29, 1.82) is 0 Å². The number of piperazine rings is 1. The summed E-state index contributed by atoms with van der Waals surface area (Å²) in [6.07, 6.45) is 3.69. The molecule has 1 atom stereocenters. The van der Waals surface area contributed by atoms with Crippen LogP contribution in [0.3, 0.4) is 0 Å². The SMILES string of the molecule is O=C(NC[C@@H](c1cccnc1)N1CCN(c2ccccc2)CC1)c1ccccc1. The van der Waals surface area contributed by atoms with E-state index >= 15 is 0 Å². The van der Waals surface area contributed by atoms with Gasteiger partial charge in [0.1, 0.15) is 0 Å².